The maximum absolute atomic E-state index is 3.30. The van der Waals surface area contributed by atoms with Crippen LogP contribution < -0.4 is 0 Å². The molecule has 0 heterocycles. The Bertz CT molecular complexity index is 271. The Labute approximate surface area is 67.6 Å². The van der Waals surface area contributed by atoms with Crippen LogP contribution in [0.3, 0.4) is 0 Å². The van der Waals surface area contributed by atoms with Crippen molar-refractivity contribution in [1.82, 2.24) is 0 Å². The maximum Gasteiger partial charge on any atom is -0.0146 e. The third kappa shape index (κ3) is 1.35. The second-order valence-electron chi connectivity index (χ2n) is 2.90. The summed E-state index contributed by atoms with van der Waals surface area (Å²) < 4.78 is 0. The number of hydrogen-bond acceptors (Lipinski definition) is 0. The number of aryl methyl sites for hydroxylation is 1. The monoisotopic (exact) mass is 143 g/mol. The number of allylic oxidation sites excluding steroid dienone is 1. The van der Waals surface area contributed by atoms with Gasteiger partial charge >= 0.3 is 0 Å². The van der Waals surface area contributed by atoms with Crippen molar-refractivity contribution < 1.29 is 0 Å². The molecule has 0 saturated heterocycles. The van der Waals surface area contributed by atoms with Crippen molar-refractivity contribution in [3.8, 4) is 0 Å². The molecule has 1 radical (unpaired) electrons. The predicted octanol–water partition coefficient (Wildman–Crippen LogP) is 2.73. The fourth-order valence-corrected chi connectivity index (χ4v) is 1.46. The summed E-state index contributed by atoms with van der Waals surface area (Å²) in [7, 11) is 0. The van der Waals surface area contributed by atoms with Crippen molar-refractivity contribution in [1.29, 1.82) is 0 Å². The highest BCUT2D eigenvalue weighted by molar-refractivity contribution is 5.33. The van der Waals surface area contributed by atoms with Crippen molar-refractivity contribution >= 4 is 0 Å². The summed E-state index contributed by atoms with van der Waals surface area (Å²) in [4.78, 5) is 0. The molecular weight excluding hydrogens is 132 g/mol. The summed E-state index contributed by atoms with van der Waals surface area (Å²) in [6, 6.07) is 8.51. The highest BCUT2D eigenvalue weighted by atomic mass is 14.1. The fourth-order valence-electron chi connectivity index (χ4n) is 1.46. The summed E-state index contributed by atoms with van der Waals surface area (Å²) >= 11 is 0. The third-order valence-electron chi connectivity index (χ3n) is 2.07. The van der Waals surface area contributed by atoms with Crippen LogP contribution in [0, 0.1) is 6.08 Å². The van der Waals surface area contributed by atoms with Crippen molar-refractivity contribution in [2.24, 2.45) is 0 Å². The Morgan fingerprint density at radius 3 is 3.09 bits per heavy atom. The molecule has 0 unspecified atom stereocenters. The molecule has 0 amide bonds. The van der Waals surface area contributed by atoms with Gasteiger partial charge in [0.2, 0.25) is 0 Å². The number of benzene rings is 1. The molecule has 0 aliphatic heterocycles. The van der Waals surface area contributed by atoms with Gasteiger partial charge in [-0.25, -0.2) is 0 Å². The predicted molar refractivity (Wildman–Crippen MR) is 46.3 cm³/mol. The van der Waals surface area contributed by atoms with Gasteiger partial charge in [-0.05, 0) is 36.5 Å². The lowest BCUT2D eigenvalue weighted by molar-refractivity contribution is 0.851. The van der Waals surface area contributed by atoms with Crippen molar-refractivity contribution in [2.75, 3.05) is 0 Å². The van der Waals surface area contributed by atoms with E-state index >= 15 is 0 Å². The standard InChI is InChI=1S/C11H11/c1-2-6-10-8-4-5-9-11(10)7-3-1/h2,4-5,8-9H,1,3,7H2. The quantitative estimate of drug-likeness (QED) is 0.524. The van der Waals surface area contributed by atoms with Gasteiger partial charge in [-0.15, -0.1) is 0 Å². The van der Waals surface area contributed by atoms with Gasteiger partial charge in [0.25, 0.3) is 0 Å². The highest BCUT2D eigenvalue weighted by Crippen LogP contribution is 2.15. The maximum atomic E-state index is 3.30. The molecular formula is C11H11. The van der Waals surface area contributed by atoms with Crippen LogP contribution in [0.15, 0.2) is 30.3 Å². The van der Waals surface area contributed by atoms with Gasteiger partial charge in [-0.2, -0.15) is 0 Å². The summed E-state index contributed by atoms with van der Waals surface area (Å²) in [5, 5.41) is 0. The van der Waals surface area contributed by atoms with E-state index < -0.39 is 0 Å². The molecule has 0 nitrogen and oxygen atoms in total. The first-order chi connectivity index (χ1) is 5.47. The smallest absolute Gasteiger partial charge is 0.0146 e. The third-order valence-corrected chi connectivity index (χ3v) is 2.07. The molecule has 0 bridgehead atoms. The van der Waals surface area contributed by atoms with Crippen molar-refractivity contribution in [3.05, 3.63) is 47.5 Å². The number of rotatable bonds is 0. The normalized spacial score (nSPS) is 15.6. The topological polar surface area (TPSA) is 0 Å². The van der Waals surface area contributed by atoms with Gasteiger partial charge in [0.05, 0.1) is 0 Å². The first kappa shape index (κ1) is 6.66. The van der Waals surface area contributed by atoms with Gasteiger partial charge in [0, 0.05) is 0 Å². The summed E-state index contributed by atoms with van der Waals surface area (Å²) in [6.07, 6.45) is 9.10. The second-order valence-corrected chi connectivity index (χ2v) is 2.90. The summed E-state index contributed by atoms with van der Waals surface area (Å²) in [5.41, 5.74) is 2.73. The number of fused-ring (bicyclic) bond motifs is 1. The zero-order valence-corrected chi connectivity index (χ0v) is 6.51. The van der Waals surface area contributed by atoms with Crippen LogP contribution in [0.2, 0.25) is 0 Å². The molecule has 0 heteroatoms. The van der Waals surface area contributed by atoms with Crippen LogP contribution in [0.25, 0.3) is 0 Å². The van der Waals surface area contributed by atoms with Crippen molar-refractivity contribution in [2.45, 2.75) is 19.3 Å². The average molecular weight is 143 g/mol. The van der Waals surface area contributed by atoms with Crippen LogP contribution >= 0.6 is 0 Å². The lowest BCUT2D eigenvalue weighted by Gasteiger charge is -2.00. The Morgan fingerprint density at radius 2 is 2.09 bits per heavy atom. The Kier molecular flexibility index (Phi) is 1.76. The highest BCUT2D eigenvalue weighted by Gasteiger charge is 2.00. The Hall–Kier alpha value is -1.04. The molecule has 1 aliphatic rings. The van der Waals surface area contributed by atoms with Gasteiger partial charge in [0.15, 0.2) is 0 Å². The van der Waals surface area contributed by atoms with Crippen molar-refractivity contribution in [3.63, 3.8) is 0 Å². The summed E-state index contributed by atoms with van der Waals surface area (Å²) in [6.45, 7) is 0. The molecule has 0 fully saturated rings. The minimum Gasteiger partial charge on any atom is -0.0760 e. The SMILES string of the molecule is [C]1=CCCCc2ccccc21. The van der Waals surface area contributed by atoms with Gasteiger partial charge in [-0.3, -0.25) is 0 Å². The zero-order chi connectivity index (χ0) is 7.52. The van der Waals surface area contributed by atoms with E-state index in [4.69, 9.17) is 0 Å². The van der Waals surface area contributed by atoms with Gasteiger partial charge in [0.1, 0.15) is 0 Å². The van der Waals surface area contributed by atoms with E-state index in [0.29, 0.717) is 0 Å². The van der Waals surface area contributed by atoms with Gasteiger partial charge in [-0.1, -0.05) is 30.3 Å². The van der Waals surface area contributed by atoms with Crippen LogP contribution in [-0.4, -0.2) is 0 Å². The molecule has 0 N–H and O–H groups in total. The van der Waals surface area contributed by atoms with E-state index in [1.165, 1.54) is 30.4 Å². The molecule has 2 rings (SSSR count). The molecule has 0 saturated carbocycles. The Morgan fingerprint density at radius 1 is 1.18 bits per heavy atom. The van der Waals surface area contributed by atoms with Crippen LogP contribution in [-0.2, 0) is 6.42 Å². The number of hydrogen-bond donors (Lipinski definition) is 0. The van der Waals surface area contributed by atoms with E-state index in [1.54, 1.807) is 0 Å². The zero-order valence-electron chi connectivity index (χ0n) is 6.51. The van der Waals surface area contributed by atoms with E-state index in [-0.39, 0.29) is 0 Å². The first-order valence-corrected chi connectivity index (χ1v) is 4.13. The Balaban J connectivity index is 2.45. The van der Waals surface area contributed by atoms with Gasteiger partial charge < -0.3 is 0 Å². The average Bonchev–Trinajstić information content (AvgIpc) is 2.28. The molecule has 55 valence electrons. The lowest BCUT2D eigenvalue weighted by atomic mass is 10.1. The molecule has 1 aliphatic carbocycles. The molecule has 1 aromatic rings. The molecule has 0 aromatic heterocycles. The molecule has 1 aromatic carbocycles. The summed E-state index contributed by atoms with van der Waals surface area (Å²) in [5.74, 6) is 0. The van der Waals surface area contributed by atoms with Crippen LogP contribution in [0.4, 0.5) is 0 Å². The minimum absolute atomic E-state index is 1.18. The second kappa shape index (κ2) is 2.91. The molecule has 0 spiro atoms. The van der Waals surface area contributed by atoms with Crippen LogP contribution in [0.5, 0.6) is 0 Å². The lowest BCUT2D eigenvalue weighted by Crippen LogP contribution is -1.85. The largest absolute Gasteiger partial charge is 0.0760 e. The van der Waals surface area contributed by atoms with E-state index in [9.17, 15) is 0 Å². The van der Waals surface area contributed by atoms with E-state index in [0.717, 1.165) is 0 Å². The fraction of sp³-hybridized carbons (Fsp3) is 0.273. The van der Waals surface area contributed by atoms with Crippen LogP contribution in [0.1, 0.15) is 24.0 Å². The van der Waals surface area contributed by atoms with E-state index in [2.05, 4.69) is 36.4 Å². The van der Waals surface area contributed by atoms with E-state index in [1.807, 2.05) is 0 Å². The molecule has 0 atom stereocenters. The molecule has 11 heavy (non-hydrogen) atoms. The minimum atomic E-state index is 1.18. The first-order valence-electron chi connectivity index (χ1n) is 4.13.